The van der Waals surface area contributed by atoms with Crippen molar-refractivity contribution < 1.29 is 14.0 Å². The Bertz CT molecular complexity index is 750. The zero-order valence-electron chi connectivity index (χ0n) is 13.6. The van der Waals surface area contributed by atoms with Crippen molar-refractivity contribution in [1.82, 2.24) is 15.4 Å². The minimum atomic E-state index is -0.700. The summed E-state index contributed by atoms with van der Waals surface area (Å²) >= 11 is 0. The lowest BCUT2D eigenvalue weighted by molar-refractivity contribution is 0.0844. The van der Waals surface area contributed by atoms with Crippen LogP contribution < -0.4 is 10.9 Å². The summed E-state index contributed by atoms with van der Waals surface area (Å²) in [5.41, 5.74) is 6.69. The number of carbonyl (C=O) groups is 2. The van der Waals surface area contributed by atoms with Gasteiger partial charge in [0.15, 0.2) is 0 Å². The average molecular weight is 317 g/mol. The second-order valence-corrected chi connectivity index (χ2v) is 5.64. The number of benzene rings is 1. The minimum Gasteiger partial charge on any atom is -0.346 e. The summed E-state index contributed by atoms with van der Waals surface area (Å²) in [6.07, 6.45) is 0. The Morgan fingerprint density at radius 1 is 1.04 bits per heavy atom. The number of rotatable bonds is 3. The molecular formula is C17H20FN3O2. The molecule has 2 amide bonds. The van der Waals surface area contributed by atoms with Gasteiger partial charge >= 0.3 is 0 Å². The summed E-state index contributed by atoms with van der Waals surface area (Å²) < 4.78 is 15.6. The monoisotopic (exact) mass is 317 g/mol. The van der Waals surface area contributed by atoms with E-state index in [1.165, 1.54) is 18.2 Å². The van der Waals surface area contributed by atoms with Crippen LogP contribution in [-0.2, 0) is 0 Å². The van der Waals surface area contributed by atoms with Gasteiger partial charge in [-0.1, -0.05) is 12.1 Å². The molecule has 2 N–H and O–H groups in total. The number of hydrazine groups is 1. The van der Waals surface area contributed by atoms with E-state index in [4.69, 9.17) is 0 Å². The van der Waals surface area contributed by atoms with Gasteiger partial charge in [-0.2, -0.15) is 0 Å². The molecule has 2 aromatic rings. The first-order chi connectivity index (χ1) is 10.8. The summed E-state index contributed by atoms with van der Waals surface area (Å²) in [5, 5.41) is 0. The Hall–Kier alpha value is -2.63. The summed E-state index contributed by atoms with van der Waals surface area (Å²) in [7, 11) is 0. The van der Waals surface area contributed by atoms with Crippen LogP contribution in [0, 0.1) is 19.7 Å². The van der Waals surface area contributed by atoms with Crippen molar-refractivity contribution in [2.45, 2.75) is 33.7 Å². The molecule has 2 rings (SSSR count). The van der Waals surface area contributed by atoms with Crippen LogP contribution in [0.3, 0.4) is 0 Å². The molecule has 5 nitrogen and oxygen atoms in total. The lowest BCUT2D eigenvalue weighted by Gasteiger charge is -2.13. The van der Waals surface area contributed by atoms with Gasteiger partial charge in [0.05, 0.1) is 11.1 Å². The van der Waals surface area contributed by atoms with Crippen LogP contribution in [0.5, 0.6) is 0 Å². The van der Waals surface area contributed by atoms with Crippen molar-refractivity contribution in [3.8, 4) is 0 Å². The van der Waals surface area contributed by atoms with Crippen molar-refractivity contribution in [3.05, 3.63) is 58.7 Å². The third-order valence-corrected chi connectivity index (χ3v) is 3.65. The number of aryl methyl sites for hydroxylation is 1. The Morgan fingerprint density at radius 3 is 2.13 bits per heavy atom. The van der Waals surface area contributed by atoms with E-state index in [1.54, 1.807) is 12.1 Å². The first kappa shape index (κ1) is 16.7. The van der Waals surface area contributed by atoms with Gasteiger partial charge < -0.3 is 4.57 Å². The zero-order chi connectivity index (χ0) is 17.1. The SMILES string of the molecule is Cc1cc(C(=O)NNC(=O)c2ccccc2F)c(C)n1C(C)C. The number of nitrogens with one attached hydrogen (secondary N) is 2. The maximum absolute atomic E-state index is 13.5. The second kappa shape index (κ2) is 6.64. The van der Waals surface area contributed by atoms with E-state index < -0.39 is 17.6 Å². The average Bonchev–Trinajstić information content (AvgIpc) is 2.80. The highest BCUT2D eigenvalue weighted by molar-refractivity contribution is 5.99. The molecule has 0 bridgehead atoms. The maximum atomic E-state index is 13.5. The van der Waals surface area contributed by atoms with Crippen LogP contribution in [0.4, 0.5) is 4.39 Å². The van der Waals surface area contributed by atoms with E-state index in [9.17, 15) is 14.0 Å². The highest BCUT2D eigenvalue weighted by atomic mass is 19.1. The lowest BCUT2D eigenvalue weighted by atomic mass is 10.2. The van der Waals surface area contributed by atoms with Crippen LogP contribution >= 0.6 is 0 Å². The summed E-state index contributed by atoms with van der Waals surface area (Å²) in [4.78, 5) is 24.1. The van der Waals surface area contributed by atoms with E-state index in [2.05, 4.69) is 10.9 Å². The summed E-state index contributed by atoms with van der Waals surface area (Å²) in [5.74, 6) is -1.78. The van der Waals surface area contributed by atoms with E-state index in [0.717, 1.165) is 11.4 Å². The summed E-state index contributed by atoms with van der Waals surface area (Å²) in [6.45, 7) is 7.82. The Labute approximate surface area is 134 Å². The van der Waals surface area contributed by atoms with Gasteiger partial charge in [-0.3, -0.25) is 20.4 Å². The molecule has 0 spiro atoms. The number of carbonyl (C=O) groups excluding carboxylic acids is 2. The molecule has 0 fully saturated rings. The fourth-order valence-corrected chi connectivity index (χ4v) is 2.70. The van der Waals surface area contributed by atoms with Gasteiger partial charge in [-0.15, -0.1) is 0 Å². The Kier molecular flexibility index (Phi) is 4.83. The van der Waals surface area contributed by atoms with Crippen LogP contribution in [0.15, 0.2) is 30.3 Å². The molecule has 0 aliphatic rings. The standard InChI is InChI=1S/C17H20FN3O2/c1-10(2)21-11(3)9-14(12(21)4)17(23)20-19-16(22)13-7-5-6-8-15(13)18/h5-10H,1-4H3,(H,19,22)(H,20,23). The van der Waals surface area contributed by atoms with Crippen molar-refractivity contribution in [2.75, 3.05) is 0 Å². The molecule has 1 heterocycles. The van der Waals surface area contributed by atoms with Gasteiger partial charge in [-0.05, 0) is 45.9 Å². The second-order valence-electron chi connectivity index (χ2n) is 5.64. The van der Waals surface area contributed by atoms with Crippen molar-refractivity contribution in [3.63, 3.8) is 0 Å². The first-order valence-electron chi connectivity index (χ1n) is 7.36. The largest absolute Gasteiger partial charge is 0.346 e. The molecule has 1 aromatic heterocycles. The molecule has 23 heavy (non-hydrogen) atoms. The van der Waals surface area contributed by atoms with E-state index in [-0.39, 0.29) is 11.6 Å². The molecule has 122 valence electrons. The molecule has 0 unspecified atom stereocenters. The van der Waals surface area contributed by atoms with Crippen LogP contribution in [0.1, 0.15) is 52.0 Å². The van der Waals surface area contributed by atoms with Gasteiger partial charge in [0, 0.05) is 17.4 Å². The number of hydrogen-bond acceptors (Lipinski definition) is 2. The Morgan fingerprint density at radius 2 is 1.61 bits per heavy atom. The maximum Gasteiger partial charge on any atom is 0.272 e. The fraction of sp³-hybridized carbons (Fsp3) is 0.294. The molecule has 0 radical (unpaired) electrons. The smallest absolute Gasteiger partial charge is 0.272 e. The molecule has 1 aromatic carbocycles. The van der Waals surface area contributed by atoms with Gasteiger partial charge in [0.2, 0.25) is 0 Å². The predicted octanol–water partition coefficient (Wildman–Crippen LogP) is 2.90. The van der Waals surface area contributed by atoms with Gasteiger partial charge in [0.1, 0.15) is 5.82 Å². The number of aromatic nitrogens is 1. The molecule has 0 aliphatic carbocycles. The third-order valence-electron chi connectivity index (χ3n) is 3.65. The summed E-state index contributed by atoms with van der Waals surface area (Å²) in [6, 6.07) is 7.57. The molecule has 0 aliphatic heterocycles. The topological polar surface area (TPSA) is 63.1 Å². The normalized spacial score (nSPS) is 10.7. The molecular weight excluding hydrogens is 297 g/mol. The van der Waals surface area contributed by atoms with E-state index in [1.807, 2.05) is 32.3 Å². The fourth-order valence-electron chi connectivity index (χ4n) is 2.70. The van der Waals surface area contributed by atoms with Crippen LogP contribution in [-0.4, -0.2) is 16.4 Å². The Balaban J connectivity index is 2.10. The molecule has 0 atom stereocenters. The van der Waals surface area contributed by atoms with Crippen LogP contribution in [0.25, 0.3) is 0 Å². The predicted molar refractivity (Wildman–Crippen MR) is 85.6 cm³/mol. The number of nitrogens with zero attached hydrogens (tertiary/aromatic N) is 1. The number of halogens is 1. The zero-order valence-corrected chi connectivity index (χ0v) is 13.6. The molecule has 6 heteroatoms. The molecule has 0 saturated heterocycles. The third kappa shape index (κ3) is 3.41. The van der Waals surface area contributed by atoms with E-state index >= 15 is 0 Å². The van der Waals surface area contributed by atoms with E-state index in [0.29, 0.717) is 5.56 Å². The first-order valence-corrected chi connectivity index (χ1v) is 7.36. The molecule has 0 saturated carbocycles. The van der Waals surface area contributed by atoms with Gasteiger partial charge in [-0.25, -0.2) is 4.39 Å². The van der Waals surface area contributed by atoms with Crippen molar-refractivity contribution >= 4 is 11.8 Å². The lowest BCUT2D eigenvalue weighted by Crippen LogP contribution is -2.42. The highest BCUT2D eigenvalue weighted by Crippen LogP contribution is 2.19. The van der Waals surface area contributed by atoms with Gasteiger partial charge in [0.25, 0.3) is 11.8 Å². The number of hydrogen-bond donors (Lipinski definition) is 2. The number of amides is 2. The van der Waals surface area contributed by atoms with Crippen molar-refractivity contribution in [1.29, 1.82) is 0 Å². The van der Waals surface area contributed by atoms with Crippen LogP contribution in [0.2, 0.25) is 0 Å². The van der Waals surface area contributed by atoms with Crippen molar-refractivity contribution in [2.24, 2.45) is 0 Å². The highest BCUT2D eigenvalue weighted by Gasteiger charge is 2.18. The quantitative estimate of drug-likeness (QED) is 0.855. The minimum absolute atomic E-state index is 0.125.